The smallest absolute Gasteiger partial charge is 0.305 e. The Kier molecular flexibility index (Phi) is 5.13. The van der Waals surface area contributed by atoms with E-state index >= 15 is 0 Å². The van der Waals surface area contributed by atoms with Gasteiger partial charge in [-0.25, -0.2) is 0 Å². The fraction of sp³-hybridized carbons (Fsp3) is 0.417. The van der Waals surface area contributed by atoms with E-state index in [1.807, 2.05) is 13.0 Å². The summed E-state index contributed by atoms with van der Waals surface area (Å²) in [5, 5.41) is 8.58. The lowest BCUT2D eigenvalue weighted by Crippen LogP contribution is -2.34. The van der Waals surface area contributed by atoms with Crippen LogP contribution >= 0.6 is 0 Å². The molecule has 0 radical (unpaired) electrons. The Morgan fingerprint density at radius 3 is 2.76 bits per heavy atom. The minimum atomic E-state index is -0.891. The maximum Gasteiger partial charge on any atom is 0.305 e. The second kappa shape index (κ2) is 6.62. The number of rotatable bonds is 6. The number of aliphatic carboxylic acids is 1. The molecule has 1 amide bonds. The van der Waals surface area contributed by atoms with Crippen molar-refractivity contribution >= 4 is 11.9 Å². The molecule has 5 nitrogen and oxygen atoms in total. The maximum atomic E-state index is 11.9. The molecule has 0 unspecified atom stereocenters. The molecule has 1 N–H and O–H groups in total. The minimum Gasteiger partial charge on any atom is -0.481 e. The fourth-order valence-corrected chi connectivity index (χ4v) is 1.48. The summed E-state index contributed by atoms with van der Waals surface area (Å²) in [5.74, 6) is -0.959. The van der Waals surface area contributed by atoms with Gasteiger partial charge in [0.2, 0.25) is 5.91 Å². The molecule has 0 saturated carbocycles. The lowest BCUT2D eigenvalue weighted by atomic mass is 10.2. The van der Waals surface area contributed by atoms with Crippen LogP contribution in [-0.2, 0) is 16.0 Å². The fourth-order valence-electron chi connectivity index (χ4n) is 1.48. The molecule has 1 aromatic rings. The summed E-state index contributed by atoms with van der Waals surface area (Å²) in [6.07, 6.45) is 3.53. The molecular formula is C12H16N2O3. The summed E-state index contributed by atoms with van der Waals surface area (Å²) < 4.78 is 0. The van der Waals surface area contributed by atoms with Gasteiger partial charge < -0.3 is 10.0 Å². The molecule has 1 heterocycles. The van der Waals surface area contributed by atoms with E-state index in [2.05, 4.69) is 4.98 Å². The van der Waals surface area contributed by atoms with Gasteiger partial charge in [-0.15, -0.1) is 0 Å². The summed E-state index contributed by atoms with van der Waals surface area (Å²) in [7, 11) is 0. The molecule has 0 bridgehead atoms. The second-order valence-corrected chi connectivity index (χ2v) is 3.66. The van der Waals surface area contributed by atoms with Crippen LogP contribution in [0.25, 0.3) is 0 Å². The van der Waals surface area contributed by atoms with E-state index in [9.17, 15) is 9.59 Å². The van der Waals surface area contributed by atoms with Gasteiger partial charge in [0.15, 0.2) is 0 Å². The van der Waals surface area contributed by atoms with Crippen molar-refractivity contribution in [2.24, 2.45) is 0 Å². The third-order valence-corrected chi connectivity index (χ3v) is 2.41. The van der Waals surface area contributed by atoms with Gasteiger partial charge in [-0.05, 0) is 18.6 Å². The van der Waals surface area contributed by atoms with Crippen LogP contribution in [0.5, 0.6) is 0 Å². The van der Waals surface area contributed by atoms with E-state index in [1.165, 1.54) is 0 Å². The summed E-state index contributed by atoms with van der Waals surface area (Å²) in [6, 6.07) is 3.60. The molecule has 1 rings (SSSR count). The summed E-state index contributed by atoms with van der Waals surface area (Å²) in [6.45, 7) is 2.61. The first kappa shape index (κ1) is 13.2. The van der Waals surface area contributed by atoms with E-state index in [1.54, 1.807) is 23.4 Å². The molecule has 0 atom stereocenters. The molecule has 0 spiro atoms. The molecule has 0 aliphatic carbocycles. The molecule has 0 aliphatic heterocycles. The average molecular weight is 236 g/mol. The van der Waals surface area contributed by atoms with E-state index in [-0.39, 0.29) is 25.3 Å². The third kappa shape index (κ3) is 4.63. The number of carboxylic acid groups (broad SMARTS) is 1. The highest BCUT2D eigenvalue weighted by Crippen LogP contribution is 2.02. The van der Waals surface area contributed by atoms with Gasteiger partial charge in [-0.3, -0.25) is 14.6 Å². The van der Waals surface area contributed by atoms with E-state index < -0.39 is 5.97 Å². The Morgan fingerprint density at radius 2 is 2.24 bits per heavy atom. The zero-order valence-electron chi connectivity index (χ0n) is 9.80. The van der Waals surface area contributed by atoms with Gasteiger partial charge in [0.1, 0.15) is 0 Å². The van der Waals surface area contributed by atoms with Gasteiger partial charge >= 0.3 is 5.97 Å². The zero-order chi connectivity index (χ0) is 12.7. The predicted octanol–water partition coefficient (Wildman–Crippen LogP) is 0.947. The van der Waals surface area contributed by atoms with E-state index in [4.69, 9.17) is 5.11 Å². The van der Waals surface area contributed by atoms with Crippen LogP contribution in [-0.4, -0.2) is 40.0 Å². The molecular weight excluding hydrogens is 220 g/mol. The topological polar surface area (TPSA) is 70.5 Å². The second-order valence-electron chi connectivity index (χ2n) is 3.66. The normalized spacial score (nSPS) is 9.94. The van der Waals surface area contributed by atoms with Crippen LogP contribution < -0.4 is 0 Å². The quantitative estimate of drug-likeness (QED) is 0.798. The number of amides is 1. The van der Waals surface area contributed by atoms with Crippen molar-refractivity contribution in [3.05, 3.63) is 30.1 Å². The van der Waals surface area contributed by atoms with Crippen molar-refractivity contribution in [2.75, 3.05) is 13.1 Å². The van der Waals surface area contributed by atoms with E-state index in [0.717, 1.165) is 5.56 Å². The Hall–Kier alpha value is -1.91. The number of carboxylic acids is 1. The molecule has 0 aromatic carbocycles. The molecule has 5 heteroatoms. The number of hydrogen-bond donors (Lipinski definition) is 1. The summed E-state index contributed by atoms with van der Waals surface area (Å²) in [4.78, 5) is 27.8. The van der Waals surface area contributed by atoms with E-state index in [0.29, 0.717) is 6.54 Å². The predicted molar refractivity (Wildman–Crippen MR) is 62.4 cm³/mol. The van der Waals surface area contributed by atoms with Crippen LogP contribution in [0.2, 0.25) is 0 Å². The van der Waals surface area contributed by atoms with Crippen molar-refractivity contribution in [2.45, 2.75) is 19.8 Å². The van der Waals surface area contributed by atoms with Gasteiger partial charge in [0.25, 0.3) is 0 Å². The minimum absolute atomic E-state index is 0.0212. The van der Waals surface area contributed by atoms with Gasteiger partial charge in [-0.2, -0.15) is 0 Å². The highest BCUT2D eigenvalue weighted by molar-refractivity contribution is 5.79. The molecule has 92 valence electrons. The van der Waals surface area contributed by atoms with Gasteiger partial charge in [0.05, 0.1) is 12.8 Å². The monoisotopic (exact) mass is 236 g/mol. The number of aromatic nitrogens is 1. The van der Waals surface area contributed by atoms with Crippen LogP contribution in [0.4, 0.5) is 0 Å². The number of pyridine rings is 1. The van der Waals surface area contributed by atoms with Crippen LogP contribution in [0, 0.1) is 0 Å². The van der Waals surface area contributed by atoms with Crippen molar-refractivity contribution in [1.29, 1.82) is 0 Å². The highest BCUT2D eigenvalue weighted by Gasteiger charge is 2.13. The number of carbonyl (C=O) groups excluding carboxylic acids is 1. The standard InChI is InChI=1S/C12H16N2O3/c1-2-14(7-5-12(16)17)11(15)8-10-4-3-6-13-9-10/h3-4,6,9H,2,5,7-8H2,1H3,(H,16,17). The Balaban J connectivity index is 2.52. The Morgan fingerprint density at radius 1 is 1.47 bits per heavy atom. The first-order valence-electron chi connectivity index (χ1n) is 5.52. The largest absolute Gasteiger partial charge is 0.481 e. The number of nitrogens with zero attached hydrogens (tertiary/aromatic N) is 2. The maximum absolute atomic E-state index is 11.9. The zero-order valence-corrected chi connectivity index (χ0v) is 9.80. The number of likely N-dealkylation sites (N-methyl/N-ethyl adjacent to an activating group) is 1. The van der Waals surface area contributed by atoms with Crippen LogP contribution in [0.1, 0.15) is 18.9 Å². The van der Waals surface area contributed by atoms with Crippen LogP contribution in [0.3, 0.4) is 0 Å². The van der Waals surface area contributed by atoms with Crippen molar-refractivity contribution in [3.8, 4) is 0 Å². The molecule has 1 aromatic heterocycles. The molecule has 0 saturated heterocycles. The van der Waals surface area contributed by atoms with Crippen molar-refractivity contribution in [1.82, 2.24) is 9.88 Å². The first-order chi connectivity index (χ1) is 8.13. The SMILES string of the molecule is CCN(CCC(=O)O)C(=O)Cc1cccnc1. The molecule has 0 fully saturated rings. The van der Waals surface area contributed by atoms with Gasteiger partial charge in [-0.1, -0.05) is 6.07 Å². The highest BCUT2D eigenvalue weighted by atomic mass is 16.4. The van der Waals surface area contributed by atoms with Crippen molar-refractivity contribution < 1.29 is 14.7 Å². The number of hydrogen-bond acceptors (Lipinski definition) is 3. The molecule has 17 heavy (non-hydrogen) atoms. The van der Waals surface area contributed by atoms with Crippen molar-refractivity contribution in [3.63, 3.8) is 0 Å². The molecule has 0 aliphatic rings. The summed E-state index contributed by atoms with van der Waals surface area (Å²) in [5.41, 5.74) is 0.839. The lowest BCUT2D eigenvalue weighted by Gasteiger charge is -2.19. The average Bonchev–Trinajstić information content (AvgIpc) is 2.30. The number of carbonyl (C=O) groups is 2. The third-order valence-electron chi connectivity index (χ3n) is 2.41. The Bertz CT molecular complexity index is 379. The Labute approximate surface area is 100 Å². The van der Waals surface area contributed by atoms with Gasteiger partial charge in [0, 0.05) is 25.5 Å². The first-order valence-corrected chi connectivity index (χ1v) is 5.52. The van der Waals surface area contributed by atoms with Crippen LogP contribution in [0.15, 0.2) is 24.5 Å². The lowest BCUT2D eigenvalue weighted by molar-refractivity contribution is -0.138. The summed E-state index contributed by atoms with van der Waals surface area (Å²) >= 11 is 0.